The van der Waals surface area contributed by atoms with Gasteiger partial charge in [0.15, 0.2) is 11.4 Å². The van der Waals surface area contributed by atoms with Crippen molar-refractivity contribution in [2.45, 2.75) is 47.3 Å². The molecule has 0 radical (unpaired) electrons. The SMILES string of the molecule is CC(C)CN(CC(C)C)C1=NSSC1=C1C(=O)OC(C)(C)OC1=O. The fourth-order valence-electron chi connectivity index (χ4n) is 2.49. The molecule has 0 atom stereocenters. The first-order valence-electron chi connectivity index (χ1n) is 7.98. The standard InChI is InChI=1S/C16H24N2O4S2/c1-9(2)7-18(8-10(3)4)13-12(23-24-17-13)11-14(19)21-16(5,6)22-15(11)20/h9-10H,7-8H2,1-6H3. The van der Waals surface area contributed by atoms with Crippen molar-refractivity contribution >= 4 is 39.5 Å². The fourth-order valence-corrected chi connectivity index (χ4v) is 4.46. The predicted octanol–water partition coefficient (Wildman–Crippen LogP) is 3.40. The van der Waals surface area contributed by atoms with E-state index in [1.165, 1.54) is 21.8 Å². The second-order valence-corrected chi connectivity index (χ2v) is 9.00. The average Bonchev–Trinajstić information content (AvgIpc) is 2.83. The average molecular weight is 373 g/mol. The molecular weight excluding hydrogens is 348 g/mol. The number of carbonyl (C=O) groups is 2. The summed E-state index contributed by atoms with van der Waals surface area (Å²) in [6.45, 7) is 13.2. The summed E-state index contributed by atoms with van der Waals surface area (Å²) >= 11 is 0. The number of hydrogen-bond acceptors (Lipinski definition) is 8. The third-order valence-corrected chi connectivity index (χ3v) is 5.05. The van der Waals surface area contributed by atoms with Gasteiger partial charge in [0.25, 0.3) is 5.79 Å². The van der Waals surface area contributed by atoms with Crippen LogP contribution < -0.4 is 0 Å². The van der Waals surface area contributed by atoms with Crippen molar-refractivity contribution in [1.82, 2.24) is 4.90 Å². The second-order valence-electron chi connectivity index (χ2n) is 7.15. The maximum Gasteiger partial charge on any atom is 0.350 e. The number of amidine groups is 1. The summed E-state index contributed by atoms with van der Waals surface area (Å²) in [6, 6.07) is 0. The summed E-state index contributed by atoms with van der Waals surface area (Å²) in [5, 5.41) is 0. The molecule has 6 nitrogen and oxygen atoms in total. The summed E-state index contributed by atoms with van der Waals surface area (Å²) < 4.78 is 14.9. The van der Waals surface area contributed by atoms with Gasteiger partial charge in [0.1, 0.15) is 0 Å². The molecule has 0 amide bonds. The molecule has 1 fully saturated rings. The molecule has 0 N–H and O–H groups in total. The molecule has 2 heterocycles. The minimum atomic E-state index is -1.23. The van der Waals surface area contributed by atoms with Gasteiger partial charge in [0.2, 0.25) is 0 Å². The molecule has 134 valence electrons. The van der Waals surface area contributed by atoms with Crippen molar-refractivity contribution in [3.05, 3.63) is 10.5 Å². The first-order chi connectivity index (χ1) is 11.1. The summed E-state index contributed by atoms with van der Waals surface area (Å²) in [4.78, 5) is 27.3. The molecule has 0 aliphatic carbocycles. The Morgan fingerprint density at radius 1 is 1.04 bits per heavy atom. The fraction of sp³-hybridized carbons (Fsp3) is 0.688. The Kier molecular flexibility index (Phi) is 5.91. The van der Waals surface area contributed by atoms with Gasteiger partial charge in [-0.15, -0.1) is 0 Å². The largest absolute Gasteiger partial charge is 0.419 e. The molecule has 1 saturated heterocycles. The topological polar surface area (TPSA) is 68.2 Å². The van der Waals surface area contributed by atoms with E-state index in [4.69, 9.17) is 9.47 Å². The van der Waals surface area contributed by atoms with Crippen molar-refractivity contribution in [1.29, 1.82) is 0 Å². The summed E-state index contributed by atoms with van der Waals surface area (Å²) in [5.41, 5.74) is -0.0550. The molecule has 24 heavy (non-hydrogen) atoms. The molecule has 0 unspecified atom stereocenters. The second kappa shape index (κ2) is 7.39. The molecule has 0 bridgehead atoms. The van der Waals surface area contributed by atoms with Gasteiger partial charge >= 0.3 is 11.9 Å². The molecular formula is C16H24N2O4S2. The van der Waals surface area contributed by atoms with E-state index in [2.05, 4.69) is 37.0 Å². The molecule has 0 spiro atoms. The van der Waals surface area contributed by atoms with Gasteiger partial charge in [-0.3, -0.25) is 0 Å². The third-order valence-electron chi connectivity index (χ3n) is 3.23. The normalized spacial score (nSPS) is 20.4. The number of nitrogens with zero attached hydrogens (tertiary/aromatic N) is 2. The van der Waals surface area contributed by atoms with Crippen molar-refractivity contribution in [3.8, 4) is 0 Å². The van der Waals surface area contributed by atoms with E-state index < -0.39 is 17.7 Å². The highest BCUT2D eigenvalue weighted by Crippen LogP contribution is 2.43. The van der Waals surface area contributed by atoms with Crippen LogP contribution in [0.5, 0.6) is 0 Å². The minimum Gasteiger partial charge on any atom is -0.419 e. The maximum absolute atomic E-state index is 12.3. The number of hydrogen-bond donors (Lipinski definition) is 0. The van der Waals surface area contributed by atoms with Gasteiger partial charge in [0, 0.05) is 26.9 Å². The predicted molar refractivity (Wildman–Crippen MR) is 97.2 cm³/mol. The van der Waals surface area contributed by atoms with Crippen LogP contribution in [0.3, 0.4) is 0 Å². The lowest BCUT2D eigenvalue weighted by molar-refractivity contribution is -0.222. The van der Waals surface area contributed by atoms with E-state index in [1.807, 2.05) is 0 Å². The van der Waals surface area contributed by atoms with Gasteiger partial charge < -0.3 is 14.4 Å². The molecule has 2 aliphatic rings. The van der Waals surface area contributed by atoms with E-state index in [9.17, 15) is 9.59 Å². The van der Waals surface area contributed by atoms with Crippen LogP contribution in [0.1, 0.15) is 41.5 Å². The molecule has 2 rings (SSSR count). The van der Waals surface area contributed by atoms with Gasteiger partial charge in [-0.05, 0) is 22.6 Å². The van der Waals surface area contributed by atoms with Crippen LogP contribution in [0.4, 0.5) is 0 Å². The van der Waals surface area contributed by atoms with Gasteiger partial charge in [-0.1, -0.05) is 27.7 Å². The van der Waals surface area contributed by atoms with Crippen LogP contribution in [0.15, 0.2) is 14.9 Å². The summed E-state index contributed by atoms with van der Waals surface area (Å²) in [7, 11) is 2.56. The molecule has 8 heteroatoms. The quantitative estimate of drug-likeness (QED) is 0.246. The van der Waals surface area contributed by atoms with E-state index in [0.717, 1.165) is 13.1 Å². The summed E-state index contributed by atoms with van der Waals surface area (Å²) in [5.74, 6) is -1.02. The highest BCUT2D eigenvalue weighted by atomic mass is 33.1. The van der Waals surface area contributed by atoms with Crippen LogP contribution in [0.2, 0.25) is 0 Å². The number of rotatable bonds is 4. The van der Waals surface area contributed by atoms with Crippen molar-refractivity contribution in [2.75, 3.05) is 13.1 Å². The highest BCUT2D eigenvalue weighted by molar-refractivity contribution is 8.78. The van der Waals surface area contributed by atoms with Gasteiger partial charge in [-0.25, -0.2) is 9.59 Å². The molecule has 0 aromatic heterocycles. The lowest BCUT2D eigenvalue weighted by Crippen LogP contribution is -2.44. The smallest absolute Gasteiger partial charge is 0.350 e. The lowest BCUT2D eigenvalue weighted by atomic mass is 10.1. The molecule has 0 aromatic carbocycles. The highest BCUT2D eigenvalue weighted by Gasteiger charge is 2.43. The van der Waals surface area contributed by atoms with E-state index >= 15 is 0 Å². The van der Waals surface area contributed by atoms with Crippen molar-refractivity contribution in [2.24, 2.45) is 16.2 Å². The first-order valence-corrected chi connectivity index (χ1v) is 10.1. The molecule has 2 aliphatic heterocycles. The summed E-state index contributed by atoms with van der Waals surface area (Å²) in [6.07, 6.45) is 0. The van der Waals surface area contributed by atoms with Crippen LogP contribution >= 0.6 is 21.8 Å². The monoisotopic (exact) mass is 372 g/mol. The number of carbonyl (C=O) groups excluding carboxylic acids is 2. The maximum atomic E-state index is 12.3. The van der Waals surface area contributed by atoms with E-state index in [-0.39, 0.29) is 5.57 Å². The lowest BCUT2D eigenvalue weighted by Gasteiger charge is -2.32. The van der Waals surface area contributed by atoms with Gasteiger partial charge in [0.05, 0.1) is 15.9 Å². The Hall–Kier alpha value is -1.15. The Morgan fingerprint density at radius 3 is 2.00 bits per heavy atom. The molecule has 0 aromatic rings. The van der Waals surface area contributed by atoms with Crippen LogP contribution in [0.25, 0.3) is 0 Å². The number of esters is 2. The van der Waals surface area contributed by atoms with Crippen LogP contribution in [-0.2, 0) is 19.1 Å². The zero-order valence-corrected chi connectivity index (χ0v) is 16.5. The third kappa shape index (κ3) is 4.47. The van der Waals surface area contributed by atoms with Crippen LogP contribution in [0, 0.1) is 11.8 Å². The van der Waals surface area contributed by atoms with Crippen LogP contribution in [-0.4, -0.2) is 41.6 Å². The Bertz CT molecular complexity index is 565. The van der Waals surface area contributed by atoms with Crippen molar-refractivity contribution < 1.29 is 19.1 Å². The Morgan fingerprint density at radius 2 is 1.54 bits per heavy atom. The zero-order valence-electron chi connectivity index (χ0n) is 14.9. The van der Waals surface area contributed by atoms with E-state index in [1.54, 1.807) is 13.8 Å². The zero-order chi connectivity index (χ0) is 18.1. The number of ether oxygens (including phenoxy) is 2. The first kappa shape index (κ1) is 19.2. The van der Waals surface area contributed by atoms with Crippen molar-refractivity contribution in [3.63, 3.8) is 0 Å². The molecule has 0 saturated carbocycles. The minimum absolute atomic E-state index is 0.0550. The Labute approximate surface area is 150 Å². The Balaban J connectivity index is 2.37. The number of cyclic esters (lactones) is 2. The van der Waals surface area contributed by atoms with Gasteiger partial charge in [-0.2, -0.15) is 4.40 Å². The van der Waals surface area contributed by atoms with E-state index in [0.29, 0.717) is 22.6 Å².